The van der Waals surface area contributed by atoms with Crippen molar-refractivity contribution in [3.8, 4) is 0 Å². The minimum Gasteiger partial charge on any atom is -0.390 e. The molecule has 3 heteroatoms. The summed E-state index contributed by atoms with van der Waals surface area (Å²) in [7, 11) is 1.74. The highest BCUT2D eigenvalue weighted by molar-refractivity contribution is 5.20. The SMILES string of the molecule is CO[C@@H]1[C@H](O)[C@H](C)CC2(CC2)[C@H]1[C@@]1(C)O[C@@H]1CC=C(C)C. The van der Waals surface area contributed by atoms with Crippen LogP contribution in [-0.2, 0) is 9.47 Å². The van der Waals surface area contributed by atoms with Crippen molar-refractivity contribution in [1.82, 2.24) is 0 Å². The molecule has 0 amide bonds. The number of aliphatic hydroxyl groups excluding tert-OH is 1. The quantitative estimate of drug-likeness (QED) is 0.639. The Bertz CT molecular complexity index is 436. The lowest BCUT2D eigenvalue weighted by molar-refractivity contribution is -0.138. The fourth-order valence-electron chi connectivity index (χ4n) is 4.81. The van der Waals surface area contributed by atoms with Crippen LogP contribution in [0.5, 0.6) is 0 Å². The van der Waals surface area contributed by atoms with Gasteiger partial charge >= 0.3 is 0 Å². The molecule has 0 unspecified atom stereocenters. The molecule has 2 aliphatic carbocycles. The van der Waals surface area contributed by atoms with Gasteiger partial charge in [0.25, 0.3) is 0 Å². The summed E-state index contributed by atoms with van der Waals surface area (Å²) in [4.78, 5) is 0. The molecule has 2 saturated carbocycles. The van der Waals surface area contributed by atoms with Gasteiger partial charge in [0.05, 0.1) is 23.9 Å². The number of methoxy groups -OCH3 is 1. The van der Waals surface area contributed by atoms with E-state index in [9.17, 15) is 5.11 Å². The van der Waals surface area contributed by atoms with Crippen molar-refractivity contribution in [2.24, 2.45) is 17.3 Å². The number of ether oxygens (including phenoxy) is 2. The molecule has 1 aliphatic heterocycles. The molecule has 0 bridgehead atoms. The molecule has 3 fully saturated rings. The summed E-state index contributed by atoms with van der Waals surface area (Å²) in [6, 6.07) is 0. The van der Waals surface area contributed by atoms with E-state index in [1.165, 1.54) is 18.4 Å². The molecular weight excluding hydrogens is 264 g/mol. The van der Waals surface area contributed by atoms with Crippen molar-refractivity contribution < 1.29 is 14.6 Å². The van der Waals surface area contributed by atoms with E-state index >= 15 is 0 Å². The highest BCUT2D eigenvalue weighted by Crippen LogP contribution is 2.68. The summed E-state index contributed by atoms with van der Waals surface area (Å²) in [6.07, 6.45) is 6.73. The van der Waals surface area contributed by atoms with Gasteiger partial charge in [-0.1, -0.05) is 18.6 Å². The molecule has 3 rings (SSSR count). The summed E-state index contributed by atoms with van der Waals surface area (Å²) in [5.74, 6) is 0.657. The Kier molecular flexibility index (Phi) is 3.75. The minimum absolute atomic E-state index is 0.0852. The first-order valence-corrected chi connectivity index (χ1v) is 8.36. The topological polar surface area (TPSA) is 42.0 Å². The van der Waals surface area contributed by atoms with Gasteiger partial charge in [0.1, 0.15) is 0 Å². The number of epoxide rings is 1. The Balaban J connectivity index is 1.81. The van der Waals surface area contributed by atoms with Crippen LogP contribution in [0.3, 0.4) is 0 Å². The van der Waals surface area contributed by atoms with Crippen molar-refractivity contribution in [1.29, 1.82) is 0 Å². The van der Waals surface area contributed by atoms with Crippen LogP contribution < -0.4 is 0 Å². The van der Waals surface area contributed by atoms with E-state index in [4.69, 9.17) is 9.47 Å². The van der Waals surface area contributed by atoms with Crippen molar-refractivity contribution in [3.63, 3.8) is 0 Å². The van der Waals surface area contributed by atoms with Crippen molar-refractivity contribution in [2.75, 3.05) is 7.11 Å². The molecule has 1 heterocycles. The standard InChI is InChI=1S/C18H30O3/c1-11(2)6-7-13-17(4,21-13)16-15(20-5)14(19)12(3)10-18(16)8-9-18/h6,12-16,19H,7-10H2,1-5H3/t12-,13-,14-,15-,16-,17+/m1/s1. The van der Waals surface area contributed by atoms with Crippen LogP contribution in [0.15, 0.2) is 11.6 Å². The van der Waals surface area contributed by atoms with E-state index in [0.717, 1.165) is 12.8 Å². The van der Waals surface area contributed by atoms with Gasteiger partial charge in [-0.3, -0.25) is 0 Å². The molecule has 0 aromatic rings. The number of rotatable bonds is 4. The van der Waals surface area contributed by atoms with Crippen LogP contribution in [0.25, 0.3) is 0 Å². The Hall–Kier alpha value is -0.380. The van der Waals surface area contributed by atoms with E-state index in [1.54, 1.807) is 7.11 Å². The molecule has 1 N–H and O–H groups in total. The van der Waals surface area contributed by atoms with Gasteiger partial charge in [-0.2, -0.15) is 0 Å². The monoisotopic (exact) mass is 294 g/mol. The van der Waals surface area contributed by atoms with Gasteiger partial charge in [0.2, 0.25) is 0 Å². The highest BCUT2D eigenvalue weighted by Gasteiger charge is 2.70. The zero-order valence-electron chi connectivity index (χ0n) is 14.1. The normalized spacial score (nSPS) is 47.2. The molecule has 1 spiro atoms. The largest absolute Gasteiger partial charge is 0.390 e. The molecule has 21 heavy (non-hydrogen) atoms. The molecule has 3 nitrogen and oxygen atoms in total. The first kappa shape index (κ1) is 15.5. The Morgan fingerprint density at radius 2 is 2.05 bits per heavy atom. The average Bonchev–Trinajstić information content (AvgIpc) is 3.31. The second kappa shape index (κ2) is 5.07. The molecular formula is C18H30O3. The zero-order chi connectivity index (χ0) is 15.4. The average molecular weight is 294 g/mol. The third-order valence-electron chi connectivity index (χ3n) is 6.14. The maximum Gasteiger partial charge on any atom is 0.0982 e. The maximum atomic E-state index is 10.6. The highest BCUT2D eigenvalue weighted by atomic mass is 16.6. The number of allylic oxidation sites excluding steroid dienone is 1. The Morgan fingerprint density at radius 1 is 1.38 bits per heavy atom. The van der Waals surface area contributed by atoms with Crippen molar-refractivity contribution in [3.05, 3.63) is 11.6 Å². The first-order chi connectivity index (χ1) is 9.84. The summed E-state index contributed by atoms with van der Waals surface area (Å²) >= 11 is 0. The van der Waals surface area contributed by atoms with Gasteiger partial charge in [-0.15, -0.1) is 0 Å². The van der Waals surface area contributed by atoms with Crippen molar-refractivity contribution in [2.45, 2.75) is 77.3 Å². The first-order valence-electron chi connectivity index (χ1n) is 8.36. The fourth-order valence-corrected chi connectivity index (χ4v) is 4.81. The third kappa shape index (κ3) is 2.47. The van der Waals surface area contributed by atoms with E-state index in [-0.39, 0.29) is 23.9 Å². The summed E-state index contributed by atoms with van der Waals surface area (Å²) in [5.41, 5.74) is 1.58. The second-order valence-corrected chi connectivity index (χ2v) is 8.02. The van der Waals surface area contributed by atoms with Gasteiger partial charge in [-0.25, -0.2) is 0 Å². The number of aliphatic hydroxyl groups is 1. The van der Waals surface area contributed by atoms with Crippen LogP contribution in [0.1, 0.15) is 53.4 Å². The Labute approximate surface area is 128 Å². The van der Waals surface area contributed by atoms with Crippen LogP contribution in [0.4, 0.5) is 0 Å². The van der Waals surface area contributed by atoms with Gasteiger partial charge in [0, 0.05) is 13.0 Å². The van der Waals surface area contributed by atoms with E-state index in [0.29, 0.717) is 17.3 Å². The van der Waals surface area contributed by atoms with E-state index in [1.807, 2.05) is 0 Å². The number of hydrogen-bond donors (Lipinski definition) is 1. The smallest absolute Gasteiger partial charge is 0.0982 e. The van der Waals surface area contributed by atoms with Crippen LogP contribution in [0, 0.1) is 17.3 Å². The summed E-state index contributed by atoms with van der Waals surface area (Å²) < 4.78 is 11.9. The summed E-state index contributed by atoms with van der Waals surface area (Å²) in [6.45, 7) is 8.65. The summed E-state index contributed by atoms with van der Waals surface area (Å²) in [5, 5.41) is 10.6. The maximum absolute atomic E-state index is 10.6. The Morgan fingerprint density at radius 3 is 2.57 bits per heavy atom. The van der Waals surface area contributed by atoms with E-state index in [2.05, 4.69) is 33.8 Å². The van der Waals surface area contributed by atoms with Crippen LogP contribution >= 0.6 is 0 Å². The number of hydrogen-bond acceptors (Lipinski definition) is 3. The lowest BCUT2D eigenvalue weighted by Gasteiger charge is -2.46. The van der Waals surface area contributed by atoms with Crippen LogP contribution in [-0.4, -0.2) is 36.1 Å². The lowest BCUT2D eigenvalue weighted by Crippen LogP contribution is -2.54. The fraction of sp³-hybridized carbons (Fsp3) is 0.889. The molecule has 1 saturated heterocycles. The molecule has 0 aromatic carbocycles. The van der Waals surface area contributed by atoms with Crippen molar-refractivity contribution >= 4 is 0 Å². The van der Waals surface area contributed by atoms with Gasteiger partial charge < -0.3 is 14.6 Å². The lowest BCUT2D eigenvalue weighted by atomic mass is 9.63. The molecule has 0 aromatic heterocycles. The molecule has 3 aliphatic rings. The van der Waals surface area contributed by atoms with Gasteiger partial charge in [0.15, 0.2) is 0 Å². The molecule has 120 valence electrons. The van der Waals surface area contributed by atoms with Crippen LogP contribution in [0.2, 0.25) is 0 Å². The predicted octanol–water partition coefficient (Wildman–Crippen LogP) is 3.31. The zero-order valence-corrected chi connectivity index (χ0v) is 14.1. The molecule has 0 radical (unpaired) electrons. The minimum atomic E-state index is -0.364. The second-order valence-electron chi connectivity index (χ2n) is 8.02. The van der Waals surface area contributed by atoms with E-state index < -0.39 is 0 Å². The molecule has 6 atom stereocenters. The third-order valence-corrected chi connectivity index (χ3v) is 6.14. The van der Waals surface area contributed by atoms with Gasteiger partial charge in [-0.05, 0) is 57.8 Å². The predicted molar refractivity (Wildman–Crippen MR) is 83.1 cm³/mol.